The maximum absolute atomic E-state index is 11.4. The van der Waals surface area contributed by atoms with E-state index in [1.165, 1.54) is 182 Å². The number of carbonyl (C=O) groups excluding carboxylic acids is 1. The molecule has 0 radical (unpaired) electrons. The minimum atomic E-state index is -0.934. The summed E-state index contributed by atoms with van der Waals surface area (Å²) in [4.78, 5) is 29.2. The molecular formula is C127H300O7. The van der Waals surface area contributed by atoms with E-state index in [2.05, 4.69) is 339 Å². The first-order chi connectivity index (χ1) is 51.5. The summed E-state index contributed by atoms with van der Waals surface area (Å²) in [5.74, 6) is 5.29. The van der Waals surface area contributed by atoms with E-state index < -0.39 is 12.1 Å². The van der Waals surface area contributed by atoms with Crippen LogP contribution in [0.1, 0.15) is 638 Å². The highest BCUT2D eigenvalue weighted by Gasteiger charge is 2.30. The molecule has 2 aromatic rings. The summed E-state index contributed by atoms with van der Waals surface area (Å²) in [6.07, 6.45) is 35.0. The molecule has 3 atom stereocenters. The molecule has 1 fully saturated rings. The first-order valence-corrected chi connectivity index (χ1v) is 46.4. The largest absolute Gasteiger partial charge is 0.460 e. The molecule has 2 aromatic carbocycles. The third kappa shape index (κ3) is 147. The van der Waals surface area contributed by atoms with Gasteiger partial charge in [-0.25, -0.2) is 14.6 Å². The monoisotopic (exact) mass is 1940 g/mol. The molecule has 850 valence electrons. The van der Waals surface area contributed by atoms with E-state index in [0.29, 0.717) is 56.2 Å². The van der Waals surface area contributed by atoms with Crippen LogP contribution in [0.3, 0.4) is 0 Å². The second-order valence-corrected chi connectivity index (χ2v) is 39.1. The van der Waals surface area contributed by atoms with Crippen molar-refractivity contribution >= 4 is 5.97 Å². The van der Waals surface area contributed by atoms with Crippen molar-refractivity contribution in [2.45, 2.75) is 641 Å². The van der Waals surface area contributed by atoms with Crippen LogP contribution in [0.5, 0.6) is 0 Å². The molecule has 7 nitrogen and oxygen atoms in total. The average Bonchev–Trinajstić information content (AvgIpc) is 0.857. The predicted octanol–water partition coefficient (Wildman–Crippen LogP) is 49.4. The molecule has 3 unspecified atom stereocenters. The summed E-state index contributed by atoms with van der Waals surface area (Å²) >= 11 is 0. The summed E-state index contributed by atoms with van der Waals surface area (Å²) in [6.45, 7) is 102. The van der Waals surface area contributed by atoms with Crippen molar-refractivity contribution in [3.8, 4) is 0 Å². The number of hydrogen-bond donors (Lipinski definition) is 1. The molecule has 0 spiro atoms. The van der Waals surface area contributed by atoms with Crippen LogP contribution in [-0.4, -0.2) is 44.1 Å². The number of esters is 1. The Hall–Kier alpha value is -2.97. The maximum atomic E-state index is 11.4. The van der Waals surface area contributed by atoms with Crippen LogP contribution in [-0.2, 0) is 48.3 Å². The lowest BCUT2D eigenvalue weighted by atomic mass is 9.68. The molecule has 1 aliphatic carbocycles. The fraction of sp³-hybridized carbons (Fsp3) is 0.866. The standard InChI is InChI=1S/C15H24.C14H24O5.C12H24.C12H18.C9H20.4C7H16.2C6H14.C3H8O2.22CH4.H2/c1-6-14-10-13(9-8-12(14)3)11-15(4,5)7-2;1-6-14(4,5)8-7-13(16)17-9-12(15)10-18-19-11(2)3;1-4-12(2,3)10-11-8-6-5-7-9-11;1-4-10(3)12-8-6-11(5-2)7-9-12;1-7-9(5,6)8(2,3)4;3*1-5-7(3,4)6-2;1-5-7(4)6(2)3;2*1-4-6(3)5-2;1-3-5-4-2;;;;;;;;;;;;;;;;;;;;;;;/h8-10H,6-7,11H2,1-5H3;7-8,12,15H,2,6,9-10H2,1,3-5H3;11H,4-10H2,1-3H3;6-10H,4-5H2,1-3H3;7H2,1-6H3;3*5-6H2,1-4H3;6-7H,5H2,1-4H3;2*6H,4-5H2,1-3H3;3H2,1-2H3;22*1H4;1H/b;8-7+;;;;;;;;;;;;;;;;;;;;;;;;;;;;;;;;;. The Kier molecular flexibility index (Phi) is 215. The molecule has 0 heterocycles. The van der Waals surface area contributed by atoms with Crippen molar-refractivity contribution in [2.75, 3.05) is 26.9 Å². The Balaban J connectivity index is -0.0000000287. The molecule has 1 N–H and O–H groups in total. The van der Waals surface area contributed by atoms with Crippen molar-refractivity contribution in [1.82, 2.24) is 0 Å². The Morgan fingerprint density at radius 3 is 0.993 bits per heavy atom. The summed E-state index contributed by atoms with van der Waals surface area (Å²) in [6, 6.07) is 15.9. The Bertz CT molecular complexity index is 2300. The molecule has 0 saturated heterocycles. The molecule has 0 bridgehead atoms. The number of aliphatic hydroxyl groups excluding tert-OH is 1. The van der Waals surface area contributed by atoms with Crippen molar-refractivity contribution < 1.29 is 35.6 Å². The second-order valence-electron chi connectivity index (χ2n) is 39.1. The van der Waals surface area contributed by atoms with Crippen molar-refractivity contribution in [3.63, 3.8) is 0 Å². The van der Waals surface area contributed by atoms with Crippen LogP contribution in [0.15, 0.2) is 67.0 Å². The number of ether oxygens (including phenoxy) is 1. The van der Waals surface area contributed by atoms with Crippen molar-refractivity contribution in [2.24, 2.45) is 72.9 Å². The van der Waals surface area contributed by atoms with Gasteiger partial charge in [-0.15, -0.1) is 0 Å². The molecule has 3 rings (SSSR count). The lowest BCUT2D eigenvalue weighted by molar-refractivity contribution is -0.275. The number of aliphatic hydroxyl groups is 1. The number of allylic oxidation sites excluding steroid dienone is 2. The van der Waals surface area contributed by atoms with E-state index in [9.17, 15) is 9.90 Å². The molecule has 0 aliphatic heterocycles. The number of aryl methyl sites for hydroxylation is 3. The topological polar surface area (TPSA) is 83.5 Å². The second kappa shape index (κ2) is 130. The minimum Gasteiger partial charge on any atom is -0.460 e. The van der Waals surface area contributed by atoms with Crippen LogP contribution >= 0.6 is 0 Å². The quantitative estimate of drug-likeness (QED) is 0.0246. The molecule has 0 aromatic heterocycles. The van der Waals surface area contributed by atoms with Crippen LogP contribution < -0.4 is 0 Å². The van der Waals surface area contributed by atoms with Crippen LogP contribution in [0.4, 0.5) is 0 Å². The molecule has 134 heavy (non-hydrogen) atoms. The van der Waals surface area contributed by atoms with Gasteiger partial charge >= 0.3 is 5.97 Å². The SMILES string of the molecule is C.C.C.C.C.C.C.C.C.C.C.C.C.C.C.C.C.C.C.C.C.C.C=C(C)OOCC(O)COC(=O)/C=C/C(C)(C)CC.CCC(C)(C)C(C)(C)C.CCC(C)(C)CC.CCC(C)(C)CC.CCC(C)(C)CC.CCC(C)(C)CC1CCCCC1.CCC(C)C(C)C.CCC(C)CC.CCC(C)CC.CCOOC.CCc1cc(CC(C)(C)CC)ccc1C.CCc1ccc(C(C)CC)cc1.[HH]. The minimum absolute atomic E-state index is 0. The summed E-state index contributed by atoms with van der Waals surface area (Å²) in [5, 5.41) is 9.45. The van der Waals surface area contributed by atoms with Gasteiger partial charge in [-0.05, 0) is 166 Å². The van der Waals surface area contributed by atoms with Gasteiger partial charge in [-0.2, -0.15) is 4.89 Å². The zero-order valence-electron chi connectivity index (χ0n) is 85.1. The molecule has 1 saturated carbocycles. The average molecular weight is 1940 g/mol. The van der Waals surface area contributed by atoms with Crippen molar-refractivity contribution in [3.05, 3.63) is 94.8 Å². The lowest BCUT2D eigenvalue weighted by Crippen LogP contribution is -2.28. The number of carbonyl (C=O) groups is 1. The van der Waals surface area contributed by atoms with Gasteiger partial charge in [0.2, 0.25) is 0 Å². The molecular weight excluding hydrogens is 1640 g/mol. The van der Waals surface area contributed by atoms with E-state index in [-0.39, 0.29) is 183 Å². The van der Waals surface area contributed by atoms with Crippen LogP contribution in [0.2, 0.25) is 0 Å². The van der Waals surface area contributed by atoms with Gasteiger partial charge in [0.25, 0.3) is 0 Å². The van der Waals surface area contributed by atoms with Crippen LogP contribution in [0, 0.1) is 79.8 Å². The lowest BCUT2D eigenvalue weighted by Gasteiger charge is -2.37. The summed E-state index contributed by atoms with van der Waals surface area (Å²) in [5.41, 5.74) is 11.0. The van der Waals surface area contributed by atoms with E-state index >= 15 is 0 Å². The van der Waals surface area contributed by atoms with Gasteiger partial charge in [-0.3, -0.25) is 0 Å². The molecule has 7 heteroatoms. The summed E-state index contributed by atoms with van der Waals surface area (Å²) < 4.78 is 4.87. The Labute approximate surface area is 871 Å². The zero-order valence-corrected chi connectivity index (χ0v) is 85.1. The Morgan fingerprint density at radius 2 is 0.776 bits per heavy atom. The first kappa shape index (κ1) is 221. The fourth-order valence-corrected chi connectivity index (χ4v) is 8.87. The third-order valence-electron chi connectivity index (χ3n) is 25.5. The van der Waals surface area contributed by atoms with Gasteiger partial charge in [0.15, 0.2) is 0 Å². The highest BCUT2D eigenvalue weighted by Crippen LogP contribution is 2.40. The molecule has 1 aliphatic rings. The number of rotatable bonds is 34. The van der Waals surface area contributed by atoms with Gasteiger partial charge in [0, 0.05) is 7.50 Å². The zero-order chi connectivity index (χ0) is 89.8. The van der Waals surface area contributed by atoms with E-state index in [0.717, 1.165) is 48.9 Å². The normalized spacial score (nSPS) is 11.1. The van der Waals surface area contributed by atoms with Crippen LogP contribution in [0.25, 0.3) is 0 Å². The first-order valence-electron chi connectivity index (χ1n) is 46.4. The van der Waals surface area contributed by atoms with Gasteiger partial charge in [0.1, 0.15) is 25.1 Å². The number of hydrogen-bond acceptors (Lipinski definition) is 7. The van der Waals surface area contributed by atoms with Gasteiger partial charge < -0.3 is 14.7 Å². The van der Waals surface area contributed by atoms with E-state index in [1.54, 1.807) is 13.0 Å². The number of benzene rings is 2. The Morgan fingerprint density at radius 1 is 0.433 bits per heavy atom. The summed E-state index contributed by atoms with van der Waals surface area (Å²) in [7, 11) is 1.49. The molecule has 0 amide bonds. The highest BCUT2D eigenvalue weighted by molar-refractivity contribution is 5.82. The predicted molar refractivity (Wildman–Crippen MR) is 659 cm³/mol. The van der Waals surface area contributed by atoms with Gasteiger partial charge in [0.05, 0.1) is 13.7 Å². The fourth-order valence-electron chi connectivity index (χ4n) is 8.87. The third-order valence-corrected chi connectivity index (χ3v) is 25.5. The highest BCUT2D eigenvalue weighted by atomic mass is 17.2. The smallest absolute Gasteiger partial charge is 0.330 e. The van der Waals surface area contributed by atoms with Crippen molar-refractivity contribution in [1.29, 1.82) is 0 Å². The van der Waals surface area contributed by atoms with Gasteiger partial charge in [-0.1, -0.05) is 624 Å². The van der Waals surface area contributed by atoms with E-state index in [4.69, 9.17) is 4.74 Å². The maximum Gasteiger partial charge on any atom is 0.330 e. The van der Waals surface area contributed by atoms with E-state index in [1.807, 2.05) is 27.7 Å².